The molecule has 4 nitrogen and oxygen atoms in total. The summed E-state index contributed by atoms with van der Waals surface area (Å²) in [5.74, 6) is -2.24. The quantitative estimate of drug-likeness (QED) is 0.714. The van der Waals surface area contributed by atoms with E-state index in [0.29, 0.717) is 35.9 Å². The number of pyridine rings is 1. The van der Waals surface area contributed by atoms with E-state index in [1.807, 2.05) is 19.9 Å². The first-order chi connectivity index (χ1) is 12.8. The molecule has 0 radical (unpaired) electrons. The lowest BCUT2D eigenvalue weighted by Gasteiger charge is -2.21. The Morgan fingerprint density at radius 2 is 2.07 bits per heavy atom. The number of aliphatic carboxylic acids is 1. The van der Waals surface area contributed by atoms with Crippen molar-refractivity contribution in [2.24, 2.45) is 5.92 Å². The van der Waals surface area contributed by atoms with Gasteiger partial charge >= 0.3 is 5.97 Å². The lowest BCUT2D eigenvalue weighted by molar-refractivity contribution is -0.137. The van der Waals surface area contributed by atoms with Gasteiger partial charge in [0.25, 0.3) is 0 Å². The molecule has 1 saturated heterocycles. The number of carbonyl (C=O) groups is 1. The van der Waals surface area contributed by atoms with Crippen LogP contribution in [0, 0.1) is 17.6 Å². The minimum absolute atomic E-state index is 0.0172. The monoisotopic (exact) mass is 392 g/mol. The highest BCUT2D eigenvalue weighted by molar-refractivity contribution is 7.99. The molecule has 7 heteroatoms. The van der Waals surface area contributed by atoms with Gasteiger partial charge in [0, 0.05) is 36.5 Å². The first-order valence-electron chi connectivity index (χ1n) is 8.93. The molecule has 2 heterocycles. The van der Waals surface area contributed by atoms with Gasteiger partial charge in [0.2, 0.25) is 0 Å². The summed E-state index contributed by atoms with van der Waals surface area (Å²) >= 11 is 1.55. The molecule has 1 atom stereocenters. The topological polar surface area (TPSA) is 53.4 Å². The van der Waals surface area contributed by atoms with Gasteiger partial charge in [-0.1, -0.05) is 19.9 Å². The fourth-order valence-corrected chi connectivity index (χ4v) is 4.28. The maximum absolute atomic E-state index is 14.8. The number of hydrogen-bond donors (Lipinski definition) is 1. The van der Waals surface area contributed by atoms with Crippen molar-refractivity contribution in [3.63, 3.8) is 0 Å². The molecule has 1 N–H and O–H groups in total. The van der Waals surface area contributed by atoms with E-state index in [1.54, 1.807) is 28.9 Å². The Morgan fingerprint density at radius 3 is 2.70 bits per heavy atom. The van der Waals surface area contributed by atoms with Crippen LogP contribution in [0.1, 0.15) is 26.7 Å². The molecule has 1 aliphatic rings. The summed E-state index contributed by atoms with van der Waals surface area (Å²) in [4.78, 5) is 16.8. The van der Waals surface area contributed by atoms with E-state index in [4.69, 9.17) is 5.11 Å². The van der Waals surface area contributed by atoms with Crippen molar-refractivity contribution in [3.05, 3.63) is 42.1 Å². The van der Waals surface area contributed by atoms with E-state index in [0.717, 1.165) is 5.03 Å². The zero-order chi connectivity index (χ0) is 19.6. The number of benzene rings is 1. The second-order valence-electron chi connectivity index (χ2n) is 7.01. The second-order valence-corrected chi connectivity index (χ2v) is 8.58. The molecule has 27 heavy (non-hydrogen) atoms. The van der Waals surface area contributed by atoms with Gasteiger partial charge in [-0.3, -0.25) is 4.79 Å². The van der Waals surface area contributed by atoms with Gasteiger partial charge in [-0.2, -0.15) is 0 Å². The zero-order valence-corrected chi connectivity index (χ0v) is 16.1. The van der Waals surface area contributed by atoms with E-state index >= 15 is 0 Å². The number of halogens is 2. The van der Waals surface area contributed by atoms with E-state index in [-0.39, 0.29) is 18.0 Å². The van der Waals surface area contributed by atoms with Crippen molar-refractivity contribution in [1.82, 2.24) is 4.98 Å². The summed E-state index contributed by atoms with van der Waals surface area (Å²) < 4.78 is 29.6. The minimum Gasteiger partial charge on any atom is -0.481 e. The summed E-state index contributed by atoms with van der Waals surface area (Å²) in [6.45, 7) is 4.87. The van der Waals surface area contributed by atoms with Crippen molar-refractivity contribution in [3.8, 4) is 11.1 Å². The van der Waals surface area contributed by atoms with Crippen LogP contribution in [0.15, 0.2) is 35.5 Å². The first-order valence-corrected chi connectivity index (χ1v) is 9.81. The molecule has 1 aromatic heterocycles. The smallest absolute Gasteiger partial charge is 0.303 e. The van der Waals surface area contributed by atoms with Crippen molar-refractivity contribution >= 4 is 23.4 Å². The lowest BCUT2D eigenvalue weighted by atomic mass is 10.1. The van der Waals surface area contributed by atoms with E-state index in [9.17, 15) is 13.6 Å². The molecular formula is C20H22F2N2O2S. The number of carboxylic acids is 1. The predicted octanol–water partition coefficient (Wildman–Crippen LogP) is 4.83. The van der Waals surface area contributed by atoms with Crippen LogP contribution in [0.25, 0.3) is 11.1 Å². The van der Waals surface area contributed by atoms with Gasteiger partial charge in [-0.25, -0.2) is 13.8 Å². The number of thioether (sulfide) groups is 1. The molecule has 0 saturated carbocycles. The normalized spacial score (nSPS) is 16.9. The van der Waals surface area contributed by atoms with Crippen LogP contribution < -0.4 is 4.90 Å². The van der Waals surface area contributed by atoms with Crippen LogP contribution in [0.3, 0.4) is 0 Å². The molecule has 0 aliphatic carbocycles. The molecule has 3 rings (SSSR count). The molecule has 1 fully saturated rings. The van der Waals surface area contributed by atoms with Gasteiger partial charge in [0.05, 0.1) is 0 Å². The lowest BCUT2D eigenvalue weighted by Crippen LogP contribution is -2.23. The highest BCUT2D eigenvalue weighted by Crippen LogP contribution is 2.36. The zero-order valence-electron chi connectivity index (χ0n) is 15.3. The Morgan fingerprint density at radius 1 is 1.37 bits per heavy atom. The summed E-state index contributed by atoms with van der Waals surface area (Å²) in [5, 5.41) is 9.95. The van der Waals surface area contributed by atoms with Crippen LogP contribution in [0.4, 0.5) is 14.5 Å². The van der Waals surface area contributed by atoms with Crippen LogP contribution in [0.5, 0.6) is 0 Å². The summed E-state index contributed by atoms with van der Waals surface area (Å²) in [7, 11) is 0. The Kier molecular flexibility index (Phi) is 5.99. The Bertz CT molecular complexity index is 821. The molecule has 1 aromatic carbocycles. The molecule has 1 aliphatic heterocycles. The molecule has 0 bridgehead atoms. The van der Waals surface area contributed by atoms with Gasteiger partial charge in [0.1, 0.15) is 22.3 Å². The fraction of sp³-hybridized carbons (Fsp3) is 0.400. The third kappa shape index (κ3) is 4.58. The third-order valence-corrected chi connectivity index (χ3v) is 5.53. The predicted molar refractivity (Wildman–Crippen MR) is 103 cm³/mol. The summed E-state index contributed by atoms with van der Waals surface area (Å²) in [5.41, 5.74) is 1.07. The average Bonchev–Trinajstić information content (AvgIpc) is 3.01. The van der Waals surface area contributed by atoms with Gasteiger partial charge in [-0.15, -0.1) is 11.8 Å². The molecule has 2 aromatic rings. The van der Waals surface area contributed by atoms with Crippen molar-refractivity contribution < 1.29 is 18.7 Å². The average molecular weight is 392 g/mol. The first kappa shape index (κ1) is 19.6. The van der Waals surface area contributed by atoms with Crippen molar-refractivity contribution in [2.45, 2.75) is 37.0 Å². The maximum Gasteiger partial charge on any atom is 0.303 e. The number of nitrogens with zero attached hydrogens (tertiary/aromatic N) is 2. The van der Waals surface area contributed by atoms with Gasteiger partial charge < -0.3 is 10.0 Å². The summed E-state index contributed by atoms with van der Waals surface area (Å²) in [6, 6.07) is 6.24. The van der Waals surface area contributed by atoms with Crippen LogP contribution >= 0.6 is 11.8 Å². The van der Waals surface area contributed by atoms with Gasteiger partial charge in [-0.05, 0) is 36.1 Å². The summed E-state index contributed by atoms with van der Waals surface area (Å²) in [6.07, 6.45) is 2.30. The molecule has 0 amide bonds. The number of carboxylic acid groups (broad SMARTS) is 1. The fourth-order valence-electron chi connectivity index (χ4n) is 3.40. The number of hydrogen-bond acceptors (Lipinski definition) is 4. The van der Waals surface area contributed by atoms with E-state index < -0.39 is 17.6 Å². The Hall–Kier alpha value is -2.15. The SMILES string of the molecule is CC(C)Sc1ncccc1-c1cc(F)c(N2CC[C@@H](CC(=O)O)C2)c(F)c1. The Labute approximate surface area is 161 Å². The minimum atomic E-state index is -0.884. The Balaban J connectivity index is 1.90. The number of aromatic nitrogens is 1. The van der Waals surface area contributed by atoms with Gasteiger partial charge in [0.15, 0.2) is 0 Å². The van der Waals surface area contributed by atoms with E-state index in [2.05, 4.69) is 4.98 Å². The third-order valence-electron chi connectivity index (χ3n) is 4.51. The van der Waals surface area contributed by atoms with Crippen LogP contribution in [-0.4, -0.2) is 34.4 Å². The van der Waals surface area contributed by atoms with Crippen molar-refractivity contribution in [2.75, 3.05) is 18.0 Å². The second kappa shape index (κ2) is 8.25. The molecular weight excluding hydrogens is 370 g/mol. The maximum atomic E-state index is 14.8. The molecule has 0 unspecified atom stereocenters. The number of rotatable bonds is 6. The standard InChI is InChI=1S/C20H22F2N2O2S/c1-12(2)27-20-15(4-3-6-23-20)14-9-16(21)19(17(22)10-14)24-7-5-13(11-24)8-18(25)26/h3-4,6,9-10,12-13H,5,7-8,11H2,1-2H3,(H,25,26)/t13-/m0/s1. The van der Waals surface area contributed by atoms with Crippen molar-refractivity contribution in [1.29, 1.82) is 0 Å². The molecule has 144 valence electrons. The largest absolute Gasteiger partial charge is 0.481 e. The number of anilines is 1. The van der Waals surface area contributed by atoms with E-state index in [1.165, 1.54) is 12.1 Å². The van der Waals surface area contributed by atoms with Crippen LogP contribution in [0.2, 0.25) is 0 Å². The molecule has 0 spiro atoms. The highest BCUT2D eigenvalue weighted by Gasteiger charge is 2.28. The highest BCUT2D eigenvalue weighted by atomic mass is 32.2. The van der Waals surface area contributed by atoms with Crippen LogP contribution in [-0.2, 0) is 4.79 Å².